The smallest absolute Gasteiger partial charge is 0.248 e. The highest BCUT2D eigenvalue weighted by molar-refractivity contribution is 7.89. The first kappa shape index (κ1) is 32.0. The summed E-state index contributed by atoms with van der Waals surface area (Å²) in [6, 6.07) is 3.66. The molecule has 0 aromatic heterocycles. The maximum Gasteiger partial charge on any atom is 0.248 e. The first-order chi connectivity index (χ1) is 17.8. The van der Waals surface area contributed by atoms with E-state index in [1.54, 1.807) is 45.0 Å². The number of likely N-dealkylation sites (N-methyl/N-ethyl adjacent to an activating group) is 4. The molecule has 1 saturated carbocycles. The molecule has 38 heavy (non-hydrogen) atoms. The Morgan fingerprint density at radius 2 is 1.53 bits per heavy atom. The Morgan fingerprint density at radius 3 is 2.05 bits per heavy atom. The molecular formula is C27H46N4O6S. The minimum Gasteiger partial charge on any atom is -0.497 e. The lowest BCUT2D eigenvalue weighted by atomic mass is 9.85. The molecule has 1 aliphatic rings. The molecule has 11 heteroatoms. The van der Waals surface area contributed by atoms with Gasteiger partial charge in [0.25, 0.3) is 0 Å². The minimum absolute atomic E-state index is 0.0951. The molecule has 2 amide bonds. The summed E-state index contributed by atoms with van der Waals surface area (Å²) in [6.45, 7) is 4.70. The van der Waals surface area contributed by atoms with Crippen molar-refractivity contribution in [1.29, 1.82) is 0 Å². The van der Waals surface area contributed by atoms with E-state index in [2.05, 4.69) is 0 Å². The van der Waals surface area contributed by atoms with E-state index in [4.69, 9.17) is 9.47 Å². The van der Waals surface area contributed by atoms with E-state index in [1.807, 2.05) is 30.9 Å². The van der Waals surface area contributed by atoms with Crippen LogP contribution in [0.1, 0.15) is 36.8 Å². The number of hydrogen-bond donors (Lipinski definition) is 0. The number of carbonyl (C=O) groups is 2. The van der Waals surface area contributed by atoms with Gasteiger partial charge in [-0.15, -0.1) is 0 Å². The van der Waals surface area contributed by atoms with Gasteiger partial charge in [0.05, 0.1) is 25.2 Å². The zero-order valence-electron chi connectivity index (χ0n) is 24.3. The standard InChI is InChI=1S/C27H46N4O6S/c1-20-15-24(36-8)16-21(2)27(20)38(34,35)30(6)13-14-37-19-26(33)29(5)17-22-9-11-23(12-10-22)31(7)25(32)18-28(3)4/h15-16,22-23H,9-14,17-19H2,1-8H3/t22-,23-. The number of sulfonamides is 1. The molecule has 1 aliphatic carbocycles. The maximum atomic E-state index is 13.1. The first-order valence-electron chi connectivity index (χ1n) is 13.1. The maximum absolute atomic E-state index is 13.1. The molecule has 2 rings (SSSR count). The molecule has 0 N–H and O–H groups in total. The van der Waals surface area contributed by atoms with Gasteiger partial charge >= 0.3 is 0 Å². The van der Waals surface area contributed by atoms with Crippen LogP contribution < -0.4 is 4.74 Å². The van der Waals surface area contributed by atoms with Gasteiger partial charge in [-0.05, 0) is 82.8 Å². The van der Waals surface area contributed by atoms with Crippen molar-refractivity contribution >= 4 is 21.8 Å². The zero-order chi connectivity index (χ0) is 28.6. The monoisotopic (exact) mass is 554 g/mol. The Balaban J connectivity index is 1.76. The lowest BCUT2D eigenvalue weighted by Gasteiger charge is -2.36. The van der Waals surface area contributed by atoms with E-state index >= 15 is 0 Å². The number of benzene rings is 1. The second-order valence-electron chi connectivity index (χ2n) is 10.7. The van der Waals surface area contributed by atoms with Crippen LogP contribution >= 0.6 is 0 Å². The Morgan fingerprint density at radius 1 is 0.947 bits per heavy atom. The second kappa shape index (κ2) is 14.3. The third kappa shape index (κ3) is 8.65. The van der Waals surface area contributed by atoms with Crippen LogP contribution in [0.4, 0.5) is 0 Å². The van der Waals surface area contributed by atoms with Gasteiger partial charge in [-0.1, -0.05) is 0 Å². The fourth-order valence-electron chi connectivity index (χ4n) is 4.96. The number of amides is 2. The number of carbonyl (C=O) groups excluding carboxylic acids is 2. The fraction of sp³-hybridized carbons (Fsp3) is 0.704. The molecule has 1 fully saturated rings. The number of hydrogen-bond acceptors (Lipinski definition) is 7. The third-order valence-electron chi connectivity index (χ3n) is 7.28. The van der Waals surface area contributed by atoms with Gasteiger partial charge in [0.15, 0.2) is 0 Å². The van der Waals surface area contributed by atoms with Crippen LogP contribution in [0.25, 0.3) is 0 Å². The first-order valence-corrected chi connectivity index (χ1v) is 14.6. The van der Waals surface area contributed by atoms with Crippen LogP contribution in [-0.2, 0) is 24.3 Å². The molecule has 0 spiro atoms. The van der Waals surface area contributed by atoms with Gasteiger partial charge in [0, 0.05) is 40.3 Å². The van der Waals surface area contributed by atoms with Crippen molar-refractivity contribution in [3.05, 3.63) is 23.3 Å². The van der Waals surface area contributed by atoms with Crippen molar-refractivity contribution in [3.8, 4) is 5.75 Å². The summed E-state index contributed by atoms with van der Waals surface area (Å²) in [5.74, 6) is 1.02. The minimum atomic E-state index is -3.71. The van der Waals surface area contributed by atoms with Crippen molar-refractivity contribution in [3.63, 3.8) is 0 Å². The van der Waals surface area contributed by atoms with E-state index in [0.717, 1.165) is 25.7 Å². The number of ether oxygens (including phenoxy) is 2. The molecule has 0 radical (unpaired) electrons. The number of nitrogens with zero attached hydrogens (tertiary/aromatic N) is 4. The van der Waals surface area contributed by atoms with Crippen LogP contribution in [0.3, 0.4) is 0 Å². The summed E-state index contributed by atoms with van der Waals surface area (Å²) in [5.41, 5.74) is 1.24. The fourth-order valence-corrected chi connectivity index (χ4v) is 6.52. The molecule has 0 unspecified atom stereocenters. The second-order valence-corrected chi connectivity index (χ2v) is 12.6. The lowest BCUT2D eigenvalue weighted by Crippen LogP contribution is -2.44. The van der Waals surface area contributed by atoms with Gasteiger partial charge in [-0.3, -0.25) is 9.59 Å². The lowest BCUT2D eigenvalue weighted by molar-refractivity contribution is -0.135. The highest BCUT2D eigenvalue weighted by Gasteiger charge is 2.28. The molecule has 0 heterocycles. The van der Waals surface area contributed by atoms with Crippen molar-refractivity contribution < 1.29 is 27.5 Å². The Hall–Kier alpha value is -2.21. The molecular weight excluding hydrogens is 508 g/mol. The largest absolute Gasteiger partial charge is 0.497 e. The van der Waals surface area contributed by atoms with E-state index < -0.39 is 10.0 Å². The third-order valence-corrected chi connectivity index (χ3v) is 9.44. The molecule has 216 valence electrons. The van der Waals surface area contributed by atoms with Gasteiger partial charge in [-0.25, -0.2) is 8.42 Å². The van der Waals surface area contributed by atoms with Crippen molar-refractivity contribution in [2.24, 2.45) is 5.92 Å². The van der Waals surface area contributed by atoms with Gasteiger partial charge in [0.1, 0.15) is 12.4 Å². The van der Waals surface area contributed by atoms with Crippen LogP contribution in [0, 0.1) is 19.8 Å². The Kier molecular flexibility index (Phi) is 12.0. The highest BCUT2D eigenvalue weighted by atomic mass is 32.2. The molecule has 0 saturated heterocycles. The van der Waals surface area contributed by atoms with Crippen molar-refractivity contribution in [1.82, 2.24) is 19.0 Å². The highest BCUT2D eigenvalue weighted by Crippen LogP contribution is 2.29. The van der Waals surface area contributed by atoms with E-state index in [0.29, 0.717) is 35.9 Å². The summed E-state index contributed by atoms with van der Waals surface area (Å²) in [6.07, 6.45) is 3.81. The van der Waals surface area contributed by atoms with Crippen LogP contribution in [0.15, 0.2) is 17.0 Å². The molecule has 0 aliphatic heterocycles. The quantitative estimate of drug-likeness (QED) is 0.344. The van der Waals surface area contributed by atoms with Crippen molar-refractivity contribution in [2.75, 3.05) is 75.2 Å². The van der Waals surface area contributed by atoms with Crippen LogP contribution in [0.2, 0.25) is 0 Å². The summed E-state index contributed by atoms with van der Waals surface area (Å²) in [5, 5.41) is 0. The van der Waals surface area contributed by atoms with Crippen LogP contribution in [0.5, 0.6) is 5.75 Å². The van der Waals surface area contributed by atoms with Gasteiger partial charge in [0.2, 0.25) is 21.8 Å². The zero-order valence-corrected chi connectivity index (χ0v) is 25.1. The van der Waals surface area contributed by atoms with E-state index in [9.17, 15) is 18.0 Å². The molecule has 10 nitrogen and oxygen atoms in total. The number of methoxy groups -OCH3 is 1. The topological polar surface area (TPSA) is 99.7 Å². The Labute approximate surface area is 228 Å². The Bertz CT molecular complexity index is 1030. The van der Waals surface area contributed by atoms with Gasteiger partial charge < -0.3 is 24.2 Å². The molecule has 1 aromatic carbocycles. The SMILES string of the molecule is COc1cc(C)c(S(=O)(=O)N(C)CCOCC(=O)N(C)C[C@H]2CC[C@H](N(C)C(=O)CN(C)C)CC2)c(C)c1. The predicted octanol–water partition coefficient (Wildman–Crippen LogP) is 1.99. The summed E-state index contributed by atoms with van der Waals surface area (Å²) in [4.78, 5) is 30.6. The average molecular weight is 555 g/mol. The summed E-state index contributed by atoms with van der Waals surface area (Å²) < 4.78 is 38.2. The van der Waals surface area contributed by atoms with Gasteiger partial charge in [-0.2, -0.15) is 4.31 Å². The van der Waals surface area contributed by atoms with Crippen molar-refractivity contribution in [2.45, 2.75) is 50.5 Å². The molecule has 0 atom stereocenters. The number of aryl methyl sites for hydroxylation is 2. The molecule has 0 bridgehead atoms. The normalized spacial score (nSPS) is 18.1. The number of rotatable bonds is 13. The van der Waals surface area contributed by atoms with E-state index in [-0.39, 0.29) is 42.5 Å². The van der Waals surface area contributed by atoms with Crippen LogP contribution in [-0.4, -0.2) is 120 Å². The summed E-state index contributed by atoms with van der Waals surface area (Å²) >= 11 is 0. The predicted molar refractivity (Wildman–Crippen MR) is 148 cm³/mol. The summed E-state index contributed by atoms with van der Waals surface area (Å²) in [7, 11) is 6.79. The average Bonchev–Trinajstić information content (AvgIpc) is 2.85. The van der Waals surface area contributed by atoms with E-state index in [1.165, 1.54) is 11.4 Å². The molecule has 1 aromatic rings.